The fourth-order valence-corrected chi connectivity index (χ4v) is 3.49. The molecule has 0 radical (unpaired) electrons. The molecule has 118 valence electrons. The monoisotopic (exact) mass is 305 g/mol. The molecule has 2 saturated carbocycles. The van der Waals surface area contributed by atoms with Crippen molar-refractivity contribution in [3.63, 3.8) is 0 Å². The molecule has 3 rings (SSSR count). The first-order valence-electron chi connectivity index (χ1n) is 7.33. The fourth-order valence-electron chi connectivity index (χ4n) is 3.49. The second kappa shape index (κ2) is 5.19. The first-order chi connectivity index (χ1) is 10.4. The number of aliphatic imine (C=N–C) groups is 1. The Morgan fingerprint density at radius 1 is 1.50 bits per heavy atom. The number of nitrogens with zero attached hydrogens (tertiary/aromatic N) is 5. The first-order valence-corrected chi connectivity index (χ1v) is 7.33. The minimum atomic E-state index is -0.406. The average molecular weight is 305 g/mol. The van der Waals surface area contributed by atoms with Gasteiger partial charge in [-0.2, -0.15) is 5.10 Å². The quantitative estimate of drug-likeness (QED) is 0.363. The second-order valence-electron chi connectivity index (χ2n) is 6.36. The molecule has 2 atom stereocenters. The number of carbonyl (C=O) groups is 1. The van der Waals surface area contributed by atoms with Crippen molar-refractivity contribution in [2.45, 2.75) is 25.8 Å². The standard InChI is InChI=1S/C14H19N5O3/c1-8-12(19(21)22)6-18(16-8)9-4-10-11(5-9)13(10)14(20)15-7-17(2)3/h6-7,9-11,13H,4-5H2,1-3H3/b15-7+. The zero-order valence-corrected chi connectivity index (χ0v) is 12.8. The summed E-state index contributed by atoms with van der Waals surface area (Å²) in [6.07, 6.45) is 4.73. The Kier molecular flexibility index (Phi) is 3.46. The number of hydrogen-bond donors (Lipinski definition) is 0. The first kappa shape index (κ1) is 14.7. The van der Waals surface area contributed by atoms with E-state index < -0.39 is 4.92 Å². The predicted octanol–water partition coefficient (Wildman–Crippen LogP) is 1.41. The molecule has 1 heterocycles. The summed E-state index contributed by atoms with van der Waals surface area (Å²) in [4.78, 5) is 28.1. The van der Waals surface area contributed by atoms with E-state index in [9.17, 15) is 14.9 Å². The molecule has 2 aliphatic rings. The number of rotatable bonds is 4. The molecule has 0 saturated heterocycles. The summed E-state index contributed by atoms with van der Waals surface area (Å²) in [6.45, 7) is 1.65. The van der Waals surface area contributed by atoms with E-state index in [-0.39, 0.29) is 23.6 Å². The van der Waals surface area contributed by atoms with Crippen LogP contribution in [0.15, 0.2) is 11.2 Å². The molecule has 0 N–H and O–H groups in total. The molecule has 1 aromatic rings. The molecule has 8 nitrogen and oxygen atoms in total. The Balaban J connectivity index is 1.62. The van der Waals surface area contributed by atoms with Gasteiger partial charge in [-0.15, -0.1) is 0 Å². The highest BCUT2D eigenvalue weighted by Gasteiger charge is 2.60. The van der Waals surface area contributed by atoms with Crippen LogP contribution in [0.4, 0.5) is 5.69 Å². The lowest BCUT2D eigenvalue weighted by molar-refractivity contribution is -0.385. The van der Waals surface area contributed by atoms with Gasteiger partial charge in [0.2, 0.25) is 0 Å². The van der Waals surface area contributed by atoms with Crippen LogP contribution in [0.1, 0.15) is 24.6 Å². The Hall–Kier alpha value is -2.25. The summed E-state index contributed by atoms with van der Waals surface area (Å²) in [6, 6.07) is 0.157. The van der Waals surface area contributed by atoms with Gasteiger partial charge in [-0.25, -0.2) is 4.99 Å². The third-order valence-corrected chi connectivity index (χ3v) is 4.58. The summed E-state index contributed by atoms with van der Waals surface area (Å²) >= 11 is 0. The van der Waals surface area contributed by atoms with Gasteiger partial charge in [-0.1, -0.05) is 0 Å². The summed E-state index contributed by atoms with van der Waals surface area (Å²) in [5.41, 5.74) is 0.498. The van der Waals surface area contributed by atoms with Crippen LogP contribution in [0.3, 0.4) is 0 Å². The van der Waals surface area contributed by atoms with Crippen molar-refractivity contribution in [2.75, 3.05) is 14.1 Å². The molecule has 1 aromatic heterocycles. The SMILES string of the molecule is Cc1nn(C2CC3C(C2)C3C(=O)/N=C/N(C)C)cc1[N+](=O)[O-]. The largest absolute Gasteiger partial charge is 0.369 e. The maximum absolute atomic E-state index is 12.0. The average Bonchev–Trinajstić information content (AvgIpc) is 2.82. The molecule has 1 amide bonds. The third-order valence-electron chi connectivity index (χ3n) is 4.58. The Morgan fingerprint density at radius 3 is 2.64 bits per heavy atom. The molecule has 8 heteroatoms. The van der Waals surface area contributed by atoms with Crippen molar-refractivity contribution in [2.24, 2.45) is 22.7 Å². The van der Waals surface area contributed by atoms with Crippen LogP contribution in [0, 0.1) is 34.8 Å². The predicted molar refractivity (Wildman–Crippen MR) is 79.5 cm³/mol. The lowest BCUT2D eigenvalue weighted by Crippen LogP contribution is -2.14. The van der Waals surface area contributed by atoms with Gasteiger partial charge < -0.3 is 4.90 Å². The second-order valence-corrected chi connectivity index (χ2v) is 6.36. The minimum Gasteiger partial charge on any atom is -0.369 e. The maximum Gasteiger partial charge on any atom is 0.309 e. The van der Waals surface area contributed by atoms with E-state index >= 15 is 0 Å². The molecule has 0 aliphatic heterocycles. The zero-order valence-electron chi connectivity index (χ0n) is 12.8. The van der Waals surface area contributed by atoms with Gasteiger partial charge in [0, 0.05) is 20.0 Å². The van der Waals surface area contributed by atoms with E-state index in [4.69, 9.17) is 0 Å². The Labute approximate surface area is 128 Å². The van der Waals surface area contributed by atoms with Crippen LogP contribution >= 0.6 is 0 Å². The van der Waals surface area contributed by atoms with E-state index in [1.807, 2.05) is 14.1 Å². The van der Waals surface area contributed by atoms with Gasteiger partial charge in [-0.3, -0.25) is 19.6 Å². The van der Waals surface area contributed by atoms with E-state index in [2.05, 4.69) is 10.1 Å². The topological polar surface area (TPSA) is 93.6 Å². The van der Waals surface area contributed by atoms with Gasteiger partial charge in [0.25, 0.3) is 5.91 Å². The summed E-state index contributed by atoms with van der Waals surface area (Å²) < 4.78 is 1.70. The summed E-state index contributed by atoms with van der Waals surface area (Å²) in [7, 11) is 3.65. The highest BCUT2D eigenvalue weighted by molar-refractivity contribution is 5.88. The molecule has 0 spiro atoms. The number of amides is 1. The van der Waals surface area contributed by atoms with E-state index in [0.717, 1.165) is 12.8 Å². The zero-order chi connectivity index (χ0) is 16.0. The molecular formula is C14H19N5O3. The van der Waals surface area contributed by atoms with E-state index in [1.165, 1.54) is 12.5 Å². The lowest BCUT2D eigenvalue weighted by atomic mass is 10.1. The van der Waals surface area contributed by atoms with Crippen molar-refractivity contribution in [3.8, 4) is 0 Å². The van der Waals surface area contributed by atoms with Gasteiger partial charge in [0.15, 0.2) is 0 Å². The number of aryl methyl sites for hydroxylation is 1. The highest BCUT2D eigenvalue weighted by atomic mass is 16.6. The number of hydrogen-bond acceptors (Lipinski definition) is 4. The van der Waals surface area contributed by atoms with E-state index in [0.29, 0.717) is 17.5 Å². The minimum absolute atomic E-state index is 0.0269. The van der Waals surface area contributed by atoms with Crippen LogP contribution < -0.4 is 0 Å². The van der Waals surface area contributed by atoms with Crippen molar-refractivity contribution >= 4 is 17.9 Å². The Bertz CT molecular complexity index is 639. The highest BCUT2D eigenvalue weighted by Crippen LogP contribution is 2.61. The van der Waals surface area contributed by atoms with Gasteiger partial charge in [0.1, 0.15) is 11.9 Å². The van der Waals surface area contributed by atoms with Crippen LogP contribution in [0.25, 0.3) is 0 Å². The maximum atomic E-state index is 12.0. The lowest BCUT2D eigenvalue weighted by Gasteiger charge is -2.13. The van der Waals surface area contributed by atoms with Crippen molar-refractivity contribution in [1.29, 1.82) is 0 Å². The number of carbonyl (C=O) groups excluding carboxylic acids is 1. The van der Waals surface area contributed by atoms with Crippen LogP contribution in [0.5, 0.6) is 0 Å². The van der Waals surface area contributed by atoms with Crippen LogP contribution in [-0.4, -0.2) is 45.9 Å². The molecule has 2 fully saturated rings. The molecule has 0 bridgehead atoms. The Morgan fingerprint density at radius 2 is 2.14 bits per heavy atom. The number of nitro groups is 1. The molecular weight excluding hydrogens is 286 g/mol. The van der Waals surface area contributed by atoms with Crippen molar-refractivity contribution < 1.29 is 9.72 Å². The van der Waals surface area contributed by atoms with Gasteiger partial charge >= 0.3 is 5.69 Å². The molecule has 2 aliphatic carbocycles. The van der Waals surface area contributed by atoms with Gasteiger partial charge in [0.05, 0.1) is 17.3 Å². The summed E-state index contributed by atoms with van der Waals surface area (Å²) in [5.74, 6) is 0.671. The summed E-state index contributed by atoms with van der Waals surface area (Å²) in [5, 5.41) is 15.1. The molecule has 0 aromatic carbocycles. The van der Waals surface area contributed by atoms with Crippen LogP contribution in [0.2, 0.25) is 0 Å². The fraction of sp³-hybridized carbons (Fsp3) is 0.643. The smallest absolute Gasteiger partial charge is 0.309 e. The molecule has 22 heavy (non-hydrogen) atoms. The number of aromatic nitrogens is 2. The van der Waals surface area contributed by atoms with Crippen molar-refractivity contribution in [1.82, 2.24) is 14.7 Å². The number of fused-ring (bicyclic) bond motifs is 1. The van der Waals surface area contributed by atoms with Crippen molar-refractivity contribution in [3.05, 3.63) is 22.0 Å². The molecule has 2 unspecified atom stereocenters. The van der Waals surface area contributed by atoms with Gasteiger partial charge in [-0.05, 0) is 31.6 Å². The van der Waals surface area contributed by atoms with E-state index in [1.54, 1.807) is 16.5 Å². The third kappa shape index (κ3) is 2.49. The van der Waals surface area contributed by atoms with Crippen LogP contribution in [-0.2, 0) is 4.79 Å². The normalized spacial score (nSPS) is 29.6.